The molecule has 0 saturated heterocycles. The molecule has 0 aromatic heterocycles. The lowest BCUT2D eigenvalue weighted by atomic mass is 9.68. The van der Waals surface area contributed by atoms with Crippen LogP contribution in [-0.4, -0.2) is 35.4 Å². The minimum Gasteiger partial charge on any atom is -0.481 e. The van der Waals surface area contributed by atoms with E-state index in [0.29, 0.717) is 22.7 Å². The number of aliphatic hydroxyl groups is 1. The van der Waals surface area contributed by atoms with Crippen LogP contribution in [0, 0.1) is 34.5 Å². The van der Waals surface area contributed by atoms with E-state index in [4.69, 9.17) is 14.9 Å². The lowest BCUT2D eigenvalue weighted by molar-refractivity contribution is -0.151. The third kappa shape index (κ3) is 9.06. The fourth-order valence-corrected chi connectivity index (χ4v) is 5.04. The van der Waals surface area contributed by atoms with Crippen molar-refractivity contribution < 1.29 is 24.5 Å². The van der Waals surface area contributed by atoms with E-state index in [1.54, 1.807) is 0 Å². The molecule has 2 aliphatic carbocycles. The van der Waals surface area contributed by atoms with Gasteiger partial charge in [-0.05, 0) is 61.2 Å². The highest BCUT2D eigenvalue weighted by molar-refractivity contribution is 5.72. The standard InChI is InChI=1S/C13H24O3.C11H20O2/c1-10(12(15)16-8-7-14)11-5-4-6-13(2,3)9-11;1-8(10(12)13)9-5-4-6-11(2,3)7-9/h10-11,14H,4-9H2,1-3H3;8-9H,4-7H2,1-3H3,(H,12,13). The Labute approximate surface area is 177 Å². The molecule has 170 valence electrons. The average Bonchev–Trinajstić information content (AvgIpc) is 2.63. The molecule has 0 aromatic rings. The monoisotopic (exact) mass is 412 g/mol. The Hall–Kier alpha value is -1.10. The van der Waals surface area contributed by atoms with Crippen LogP contribution in [0.25, 0.3) is 0 Å². The van der Waals surface area contributed by atoms with Gasteiger partial charge >= 0.3 is 11.9 Å². The molecule has 29 heavy (non-hydrogen) atoms. The van der Waals surface area contributed by atoms with Crippen molar-refractivity contribution in [2.75, 3.05) is 13.2 Å². The minimum absolute atomic E-state index is 0.0360. The van der Waals surface area contributed by atoms with Gasteiger partial charge in [0.05, 0.1) is 18.4 Å². The highest BCUT2D eigenvalue weighted by Crippen LogP contribution is 2.42. The van der Waals surface area contributed by atoms with E-state index in [1.165, 1.54) is 25.7 Å². The van der Waals surface area contributed by atoms with Crippen LogP contribution in [0.5, 0.6) is 0 Å². The number of ether oxygens (including phenoxy) is 1. The summed E-state index contributed by atoms with van der Waals surface area (Å²) in [6.07, 6.45) is 9.28. The molecule has 2 rings (SSSR count). The molecule has 5 heteroatoms. The summed E-state index contributed by atoms with van der Waals surface area (Å²) in [5.41, 5.74) is 0.709. The summed E-state index contributed by atoms with van der Waals surface area (Å²) in [6, 6.07) is 0. The summed E-state index contributed by atoms with van der Waals surface area (Å²) in [6.45, 7) is 12.9. The third-order valence-electron chi connectivity index (χ3n) is 7.00. The average molecular weight is 413 g/mol. The normalized spacial score (nSPS) is 27.7. The van der Waals surface area contributed by atoms with Crippen molar-refractivity contribution in [3.05, 3.63) is 0 Å². The van der Waals surface area contributed by atoms with Gasteiger partial charge in [-0.3, -0.25) is 9.59 Å². The molecule has 4 unspecified atom stereocenters. The number of esters is 1. The van der Waals surface area contributed by atoms with E-state index in [2.05, 4.69) is 27.7 Å². The van der Waals surface area contributed by atoms with Gasteiger partial charge in [0, 0.05) is 0 Å². The second-order valence-corrected chi connectivity index (χ2v) is 10.8. The Morgan fingerprint density at radius 2 is 1.38 bits per heavy atom. The molecule has 2 N–H and O–H groups in total. The molecular weight excluding hydrogens is 368 g/mol. The van der Waals surface area contributed by atoms with E-state index < -0.39 is 5.97 Å². The van der Waals surface area contributed by atoms with E-state index in [1.807, 2.05) is 13.8 Å². The molecule has 5 nitrogen and oxygen atoms in total. The van der Waals surface area contributed by atoms with E-state index in [0.717, 1.165) is 25.7 Å². The SMILES string of the molecule is CC(C(=O)O)C1CCCC(C)(C)C1.CC(C(=O)OCCO)C1CCCC(C)(C)C1. The fourth-order valence-electron chi connectivity index (χ4n) is 5.04. The molecule has 2 saturated carbocycles. The number of hydrogen-bond donors (Lipinski definition) is 2. The van der Waals surface area contributed by atoms with Crippen molar-refractivity contribution in [1.29, 1.82) is 0 Å². The van der Waals surface area contributed by atoms with Crippen LogP contribution < -0.4 is 0 Å². The summed E-state index contributed by atoms with van der Waals surface area (Å²) in [5, 5.41) is 17.5. The fraction of sp³-hybridized carbons (Fsp3) is 0.917. The highest BCUT2D eigenvalue weighted by atomic mass is 16.5. The quantitative estimate of drug-likeness (QED) is 0.579. The van der Waals surface area contributed by atoms with E-state index in [9.17, 15) is 9.59 Å². The molecule has 2 fully saturated rings. The molecule has 0 heterocycles. The first-order valence-electron chi connectivity index (χ1n) is 11.4. The summed E-state index contributed by atoms with van der Waals surface area (Å²) in [5.74, 6) is -0.165. The van der Waals surface area contributed by atoms with E-state index in [-0.39, 0.29) is 31.0 Å². The number of carbonyl (C=O) groups is 2. The van der Waals surface area contributed by atoms with Crippen molar-refractivity contribution in [2.24, 2.45) is 34.5 Å². The van der Waals surface area contributed by atoms with Crippen molar-refractivity contribution in [3.8, 4) is 0 Å². The lowest BCUT2D eigenvalue weighted by Gasteiger charge is -2.37. The highest BCUT2D eigenvalue weighted by Gasteiger charge is 2.34. The van der Waals surface area contributed by atoms with Gasteiger partial charge in [-0.2, -0.15) is 0 Å². The number of aliphatic hydroxyl groups excluding tert-OH is 1. The summed E-state index contributed by atoms with van der Waals surface area (Å²) >= 11 is 0. The van der Waals surface area contributed by atoms with Gasteiger partial charge in [-0.15, -0.1) is 0 Å². The van der Waals surface area contributed by atoms with Crippen molar-refractivity contribution in [3.63, 3.8) is 0 Å². The van der Waals surface area contributed by atoms with E-state index >= 15 is 0 Å². The van der Waals surface area contributed by atoms with Gasteiger partial charge in [0.2, 0.25) is 0 Å². The van der Waals surface area contributed by atoms with Crippen molar-refractivity contribution >= 4 is 11.9 Å². The van der Waals surface area contributed by atoms with Crippen LogP contribution in [0.2, 0.25) is 0 Å². The second kappa shape index (κ2) is 11.3. The van der Waals surface area contributed by atoms with Crippen molar-refractivity contribution in [1.82, 2.24) is 0 Å². The lowest BCUT2D eigenvalue weighted by Crippen LogP contribution is -2.31. The molecule has 0 amide bonds. The summed E-state index contributed by atoms with van der Waals surface area (Å²) < 4.78 is 4.99. The van der Waals surface area contributed by atoms with Crippen LogP contribution in [0.15, 0.2) is 0 Å². The van der Waals surface area contributed by atoms with Gasteiger partial charge in [-0.25, -0.2) is 0 Å². The zero-order valence-corrected chi connectivity index (χ0v) is 19.5. The molecular formula is C24H44O5. The van der Waals surface area contributed by atoms with Crippen LogP contribution in [0.1, 0.15) is 92.9 Å². The summed E-state index contributed by atoms with van der Waals surface area (Å²) in [7, 11) is 0. The Balaban J connectivity index is 0.000000296. The minimum atomic E-state index is -0.636. The van der Waals surface area contributed by atoms with Crippen molar-refractivity contribution in [2.45, 2.75) is 92.9 Å². The van der Waals surface area contributed by atoms with Gasteiger partial charge in [0.1, 0.15) is 6.61 Å². The van der Waals surface area contributed by atoms with Gasteiger partial charge in [0.15, 0.2) is 0 Å². The number of hydrogen-bond acceptors (Lipinski definition) is 4. The number of aliphatic carboxylic acids is 1. The first-order valence-corrected chi connectivity index (χ1v) is 11.4. The summed E-state index contributed by atoms with van der Waals surface area (Å²) in [4.78, 5) is 22.5. The molecule has 2 aliphatic rings. The predicted octanol–water partition coefficient (Wildman–Crippen LogP) is 5.30. The number of carboxylic acid groups (broad SMARTS) is 1. The zero-order valence-electron chi connectivity index (χ0n) is 19.5. The molecule has 4 atom stereocenters. The maximum atomic E-state index is 11.7. The van der Waals surface area contributed by atoms with Gasteiger partial charge in [-0.1, -0.05) is 54.4 Å². The van der Waals surface area contributed by atoms with Crippen LogP contribution in [-0.2, 0) is 14.3 Å². The van der Waals surface area contributed by atoms with Crippen LogP contribution in [0.3, 0.4) is 0 Å². The molecule has 0 bridgehead atoms. The van der Waals surface area contributed by atoms with Crippen LogP contribution in [0.4, 0.5) is 0 Å². The Kier molecular flexibility index (Phi) is 10.1. The molecule has 0 aromatic carbocycles. The predicted molar refractivity (Wildman–Crippen MR) is 115 cm³/mol. The zero-order chi connectivity index (χ0) is 22.2. The Bertz CT molecular complexity index is 525. The Morgan fingerprint density at radius 1 is 0.931 bits per heavy atom. The second-order valence-electron chi connectivity index (χ2n) is 10.8. The number of carbonyl (C=O) groups excluding carboxylic acids is 1. The molecule has 0 radical (unpaired) electrons. The maximum absolute atomic E-state index is 11.7. The van der Waals surface area contributed by atoms with Gasteiger partial charge in [0.25, 0.3) is 0 Å². The topological polar surface area (TPSA) is 83.8 Å². The smallest absolute Gasteiger partial charge is 0.309 e. The van der Waals surface area contributed by atoms with Crippen LogP contribution >= 0.6 is 0 Å². The third-order valence-corrected chi connectivity index (χ3v) is 7.00. The van der Waals surface area contributed by atoms with Gasteiger partial charge < -0.3 is 14.9 Å². The first kappa shape index (κ1) is 25.9. The number of carboxylic acids is 1. The molecule has 0 spiro atoms. The first-order chi connectivity index (χ1) is 13.4. The number of rotatable bonds is 6. The molecule has 0 aliphatic heterocycles. The largest absolute Gasteiger partial charge is 0.481 e. The Morgan fingerprint density at radius 3 is 1.76 bits per heavy atom. The maximum Gasteiger partial charge on any atom is 0.309 e.